The van der Waals surface area contributed by atoms with Crippen molar-refractivity contribution < 1.29 is 9.50 Å². The van der Waals surface area contributed by atoms with Gasteiger partial charge >= 0.3 is 0 Å². The number of aliphatic hydroxyl groups excluding tert-OH is 1. The van der Waals surface area contributed by atoms with Gasteiger partial charge in [0.1, 0.15) is 5.82 Å². The van der Waals surface area contributed by atoms with Gasteiger partial charge in [-0.25, -0.2) is 4.39 Å². The second kappa shape index (κ2) is 6.41. The van der Waals surface area contributed by atoms with Crippen LogP contribution in [-0.2, 0) is 0 Å². The van der Waals surface area contributed by atoms with Crippen LogP contribution in [0.15, 0.2) is 48.8 Å². The van der Waals surface area contributed by atoms with Gasteiger partial charge in [-0.2, -0.15) is 0 Å². The molecule has 0 aliphatic heterocycles. The van der Waals surface area contributed by atoms with Crippen molar-refractivity contribution in [2.75, 3.05) is 6.54 Å². The molecule has 0 saturated heterocycles. The van der Waals surface area contributed by atoms with Crippen LogP contribution in [-0.4, -0.2) is 16.6 Å². The van der Waals surface area contributed by atoms with Crippen LogP contribution in [0.25, 0.3) is 0 Å². The highest BCUT2D eigenvalue weighted by Crippen LogP contribution is 2.15. The highest BCUT2D eigenvalue weighted by atomic mass is 19.1. The highest BCUT2D eigenvalue weighted by molar-refractivity contribution is 5.19. The number of benzene rings is 1. The molecule has 0 aliphatic rings. The molecule has 0 saturated carbocycles. The summed E-state index contributed by atoms with van der Waals surface area (Å²) >= 11 is 0. The van der Waals surface area contributed by atoms with Crippen LogP contribution >= 0.6 is 0 Å². The van der Waals surface area contributed by atoms with Gasteiger partial charge in [0.05, 0.1) is 6.10 Å². The Morgan fingerprint density at radius 1 is 1.21 bits per heavy atom. The van der Waals surface area contributed by atoms with E-state index < -0.39 is 6.10 Å². The number of aromatic nitrogens is 1. The monoisotopic (exact) mass is 260 g/mol. The molecular weight excluding hydrogens is 243 g/mol. The Kier molecular flexibility index (Phi) is 4.60. The van der Waals surface area contributed by atoms with E-state index in [4.69, 9.17) is 0 Å². The summed E-state index contributed by atoms with van der Waals surface area (Å²) in [6, 6.07) is 9.98. The lowest BCUT2D eigenvalue weighted by Crippen LogP contribution is -2.24. The smallest absolute Gasteiger partial charge is 0.123 e. The van der Waals surface area contributed by atoms with Gasteiger partial charge in [-0.05, 0) is 42.3 Å². The molecule has 0 radical (unpaired) electrons. The normalized spacial score (nSPS) is 14.1. The van der Waals surface area contributed by atoms with E-state index in [1.54, 1.807) is 24.5 Å². The van der Waals surface area contributed by atoms with Crippen LogP contribution in [0, 0.1) is 5.82 Å². The summed E-state index contributed by atoms with van der Waals surface area (Å²) in [7, 11) is 0. The Balaban J connectivity index is 1.92. The summed E-state index contributed by atoms with van der Waals surface area (Å²) in [4.78, 5) is 3.96. The van der Waals surface area contributed by atoms with Crippen molar-refractivity contribution in [2.24, 2.45) is 0 Å². The van der Waals surface area contributed by atoms with Crippen molar-refractivity contribution in [3.63, 3.8) is 0 Å². The van der Waals surface area contributed by atoms with E-state index >= 15 is 0 Å². The molecule has 1 unspecified atom stereocenters. The molecule has 0 aliphatic carbocycles. The molecule has 2 atom stereocenters. The van der Waals surface area contributed by atoms with Gasteiger partial charge in [-0.1, -0.05) is 12.1 Å². The van der Waals surface area contributed by atoms with E-state index in [9.17, 15) is 9.50 Å². The van der Waals surface area contributed by atoms with Crippen molar-refractivity contribution in [1.82, 2.24) is 10.3 Å². The van der Waals surface area contributed by atoms with E-state index in [2.05, 4.69) is 10.3 Å². The molecule has 2 aromatic rings. The minimum Gasteiger partial charge on any atom is -0.387 e. The van der Waals surface area contributed by atoms with Gasteiger partial charge in [0, 0.05) is 25.0 Å². The Hall–Kier alpha value is -1.78. The van der Waals surface area contributed by atoms with Crippen LogP contribution in [0.4, 0.5) is 4.39 Å². The van der Waals surface area contributed by atoms with Crippen LogP contribution < -0.4 is 5.32 Å². The Morgan fingerprint density at radius 2 is 1.95 bits per heavy atom. The van der Waals surface area contributed by atoms with Crippen molar-refractivity contribution in [2.45, 2.75) is 19.1 Å². The molecule has 19 heavy (non-hydrogen) atoms. The number of halogens is 1. The number of nitrogens with one attached hydrogen (secondary N) is 1. The lowest BCUT2D eigenvalue weighted by atomic mass is 10.1. The summed E-state index contributed by atoms with van der Waals surface area (Å²) in [5.41, 5.74) is 1.68. The molecule has 0 spiro atoms. The molecule has 3 nitrogen and oxygen atoms in total. The first kappa shape index (κ1) is 13.6. The standard InChI is InChI=1S/C15H17FN2O/c1-11(12-5-7-17-8-6-12)18-10-15(19)13-3-2-4-14(16)9-13/h2-9,11,15,18-19H,10H2,1H3/t11-,15?/m0/s1. The molecule has 100 valence electrons. The quantitative estimate of drug-likeness (QED) is 0.868. The van der Waals surface area contributed by atoms with E-state index in [1.165, 1.54) is 12.1 Å². The average molecular weight is 260 g/mol. The fourth-order valence-corrected chi connectivity index (χ4v) is 1.89. The summed E-state index contributed by atoms with van der Waals surface area (Å²) in [5, 5.41) is 13.2. The second-order valence-electron chi connectivity index (χ2n) is 4.48. The third kappa shape index (κ3) is 3.84. The third-order valence-electron chi connectivity index (χ3n) is 3.06. The molecule has 2 N–H and O–H groups in total. The zero-order valence-corrected chi connectivity index (χ0v) is 10.8. The topological polar surface area (TPSA) is 45.1 Å². The Bertz CT molecular complexity index is 519. The number of pyridine rings is 1. The molecule has 0 fully saturated rings. The van der Waals surface area contributed by atoms with Gasteiger partial charge in [0.15, 0.2) is 0 Å². The molecule has 0 bridgehead atoms. The highest BCUT2D eigenvalue weighted by Gasteiger charge is 2.11. The molecule has 2 rings (SSSR count). The second-order valence-corrected chi connectivity index (χ2v) is 4.48. The summed E-state index contributed by atoms with van der Waals surface area (Å²) in [6.07, 6.45) is 2.74. The number of rotatable bonds is 5. The number of nitrogens with zero attached hydrogens (tertiary/aromatic N) is 1. The minimum absolute atomic E-state index is 0.103. The fourth-order valence-electron chi connectivity index (χ4n) is 1.89. The first-order chi connectivity index (χ1) is 9.16. The first-order valence-corrected chi connectivity index (χ1v) is 6.23. The first-order valence-electron chi connectivity index (χ1n) is 6.23. The Morgan fingerprint density at radius 3 is 2.63 bits per heavy atom. The van der Waals surface area contributed by atoms with E-state index in [0.29, 0.717) is 12.1 Å². The maximum absolute atomic E-state index is 13.1. The summed E-state index contributed by atoms with van der Waals surface area (Å²) in [5.74, 6) is -0.335. The van der Waals surface area contributed by atoms with Gasteiger partial charge < -0.3 is 10.4 Å². The number of hydrogen-bond donors (Lipinski definition) is 2. The van der Waals surface area contributed by atoms with Crippen LogP contribution in [0.3, 0.4) is 0 Å². The minimum atomic E-state index is -0.722. The van der Waals surface area contributed by atoms with Crippen LogP contribution in [0.2, 0.25) is 0 Å². The summed E-state index contributed by atoms with van der Waals surface area (Å²) < 4.78 is 13.1. The molecule has 4 heteroatoms. The predicted octanol–water partition coefficient (Wildman–Crippen LogP) is 2.60. The van der Waals surface area contributed by atoms with Crippen LogP contribution in [0.5, 0.6) is 0 Å². The van der Waals surface area contributed by atoms with E-state index in [-0.39, 0.29) is 11.9 Å². The average Bonchev–Trinajstić information content (AvgIpc) is 2.45. The maximum atomic E-state index is 13.1. The molecule has 1 heterocycles. The van der Waals surface area contributed by atoms with Crippen molar-refractivity contribution in [3.05, 3.63) is 65.7 Å². The van der Waals surface area contributed by atoms with E-state index in [0.717, 1.165) is 5.56 Å². The SMILES string of the molecule is C[C@H](NCC(O)c1cccc(F)c1)c1ccncc1. The lowest BCUT2D eigenvalue weighted by Gasteiger charge is -2.17. The molecule has 1 aromatic carbocycles. The largest absolute Gasteiger partial charge is 0.387 e. The molecule has 0 amide bonds. The number of hydrogen-bond acceptors (Lipinski definition) is 3. The third-order valence-corrected chi connectivity index (χ3v) is 3.06. The predicted molar refractivity (Wildman–Crippen MR) is 72.0 cm³/mol. The number of aliphatic hydroxyl groups is 1. The fraction of sp³-hybridized carbons (Fsp3) is 0.267. The zero-order valence-electron chi connectivity index (χ0n) is 10.8. The van der Waals surface area contributed by atoms with Gasteiger partial charge in [-0.15, -0.1) is 0 Å². The van der Waals surface area contributed by atoms with Gasteiger partial charge in [0.25, 0.3) is 0 Å². The molecule has 1 aromatic heterocycles. The van der Waals surface area contributed by atoms with Crippen molar-refractivity contribution in [1.29, 1.82) is 0 Å². The maximum Gasteiger partial charge on any atom is 0.123 e. The van der Waals surface area contributed by atoms with E-state index in [1.807, 2.05) is 19.1 Å². The van der Waals surface area contributed by atoms with Crippen molar-refractivity contribution >= 4 is 0 Å². The lowest BCUT2D eigenvalue weighted by molar-refractivity contribution is 0.170. The van der Waals surface area contributed by atoms with Crippen molar-refractivity contribution in [3.8, 4) is 0 Å². The summed E-state index contributed by atoms with van der Waals surface area (Å²) in [6.45, 7) is 2.38. The zero-order chi connectivity index (χ0) is 13.7. The van der Waals surface area contributed by atoms with Crippen LogP contribution in [0.1, 0.15) is 30.2 Å². The van der Waals surface area contributed by atoms with Gasteiger partial charge in [-0.3, -0.25) is 4.98 Å². The van der Waals surface area contributed by atoms with Gasteiger partial charge in [0.2, 0.25) is 0 Å². The molecular formula is C15H17FN2O. The Labute approximate surface area is 112 Å².